The van der Waals surface area contributed by atoms with Gasteiger partial charge in [-0.1, -0.05) is 19.8 Å². The van der Waals surface area contributed by atoms with Gasteiger partial charge in [-0.15, -0.1) is 0 Å². The van der Waals surface area contributed by atoms with E-state index in [0.717, 1.165) is 4.90 Å². The van der Waals surface area contributed by atoms with Gasteiger partial charge in [-0.25, -0.2) is 0 Å². The number of rotatable bonds is 25. The smallest absolute Gasteiger partial charge is 0.317 e. The molecule has 0 spiro atoms. The van der Waals surface area contributed by atoms with Crippen LogP contribution in [0.1, 0.15) is 64.7 Å². The highest BCUT2D eigenvalue weighted by Gasteiger charge is 2.32. The maximum atomic E-state index is 13.2. The number of carboxylic acid groups (broad SMARTS) is 5. The first-order chi connectivity index (χ1) is 18.8. The minimum Gasteiger partial charge on any atom is -0.481 e. The molecule has 40 heavy (non-hydrogen) atoms. The highest BCUT2D eigenvalue weighted by atomic mass is 16.4. The molecule has 0 heterocycles. The molecule has 1 amide bonds. The van der Waals surface area contributed by atoms with Crippen molar-refractivity contribution < 1.29 is 59.1 Å². The maximum absolute atomic E-state index is 13.2. The Hall–Kier alpha value is -3.59. The third-order valence-corrected chi connectivity index (χ3v) is 5.98. The Bertz CT molecular complexity index is 847. The van der Waals surface area contributed by atoms with Crippen LogP contribution in [0.15, 0.2) is 0 Å². The van der Waals surface area contributed by atoms with Crippen molar-refractivity contribution in [3.05, 3.63) is 0 Å². The largest absolute Gasteiger partial charge is 0.481 e. The van der Waals surface area contributed by atoms with Gasteiger partial charge in [0.25, 0.3) is 0 Å². The van der Waals surface area contributed by atoms with E-state index in [-0.39, 0.29) is 38.1 Å². The van der Waals surface area contributed by atoms with Crippen LogP contribution in [0.5, 0.6) is 0 Å². The number of Topliss-reactive ketones (excluding diaryl/α,β-unsaturated/α-hetero) is 1. The van der Waals surface area contributed by atoms with Crippen LogP contribution >= 0.6 is 0 Å². The van der Waals surface area contributed by atoms with E-state index in [9.17, 15) is 48.9 Å². The zero-order valence-electron chi connectivity index (χ0n) is 22.7. The first-order valence-corrected chi connectivity index (χ1v) is 13.1. The lowest BCUT2D eigenvalue weighted by Crippen LogP contribution is -2.47. The van der Waals surface area contributed by atoms with Crippen LogP contribution in [-0.2, 0) is 33.6 Å². The first-order valence-electron chi connectivity index (χ1n) is 13.1. The molecule has 0 saturated carbocycles. The van der Waals surface area contributed by atoms with Gasteiger partial charge in [0.05, 0.1) is 38.1 Å². The summed E-state index contributed by atoms with van der Waals surface area (Å²) < 4.78 is 0. The van der Waals surface area contributed by atoms with Crippen LogP contribution in [0.2, 0.25) is 0 Å². The second-order valence-electron chi connectivity index (χ2n) is 9.50. The van der Waals surface area contributed by atoms with Crippen LogP contribution in [0.25, 0.3) is 0 Å². The Morgan fingerprint density at radius 2 is 1.23 bits per heavy atom. The second-order valence-corrected chi connectivity index (χ2v) is 9.50. The minimum absolute atomic E-state index is 0.0385. The fourth-order valence-electron chi connectivity index (χ4n) is 4.19. The topological polar surface area (TPSA) is 239 Å². The monoisotopic (exact) mass is 575 g/mol. The Labute approximate surface area is 232 Å². The summed E-state index contributed by atoms with van der Waals surface area (Å²) in [5.74, 6) is -8.30. The first kappa shape index (κ1) is 36.4. The molecule has 0 saturated heterocycles. The molecule has 0 aromatic carbocycles. The van der Waals surface area contributed by atoms with Gasteiger partial charge in [-0.3, -0.25) is 43.4 Å². The van der Waals surface area contributed by atoms with Crippen molar-refractivity contribution >= 4 is 41.5 Å². The number of hydrogen-bond acceptors (Lipinski definition) is 9. The molecule has 0 aromatic rings. The van der Waals surface area contributed by atoms with Crippen LogP contribution in [-0.4, -0.2) is 122 Å². The van der Waals surface area contributed by atoms with Gasteiger partial charge < -0.3 is 30.8 Å². The number of carbonyl (C=O) groups excluding carboxylic acids is 2. The SMILES string of the molecule is CCCC(=O)NCCCC[C@H](CC(=O)[C@H](CCCCN(CC(=O)O)CC(=O)O)N(CC(=O)O)CC(=O)O)C(=O)O. The number of aliphatic carboxylic acids is 5. The molecule has 0 aliphatic heterocycles. The average molecular weight is 576 g/mol. The third kappa shape index (κ3) is 17.8. The van der Waals surface area contributed by atoms with Gasteiger partial charge in [0, 0.05) is 19.4 Å². The van der Waals surface area contributed by atoms with E-state index >= 15 is 0 Å². The lowest BCUT2D eigenvalue weighted by molar-refractivity contribution is -0.148. The molecule has 0 bridgehead atoms. The Kier molecular flexibility index (Phi) is 18.5. The van der Waals surface area contributed by atoms with Crippen LogP contribution < -0.4 is 5.32 Å². The zero-order chi connectivity index (χ0) is 30.7. The normalized spacial score (nSPS) is 12.6. The van der Waals surface area contributed by atoms with Crippen LogP contribution in [0, 0.1) is 5.92 Å². The molecular formula is C25H41N3O12. The third-order valence-electron chi connectivity index (χ3n) is 5.98. The van der Waals surface area contributed by atoms with Gasteiger partial charge in [-0.2, -0.15) is 0 Å². The van der Waals surface area contributed by atoms with Crippen LogP contribution in [0.3, 0.4) is 0 Å². The van der Waals surface area contributed by atoms with E-state index < -0.39 is 80.2 Å². The highest BCUT2D eigenvalue weighted by molar-refractivity contribution is 5.88. The average Bonchev–Trinajstić information content (AvgIpc) is 2.81. The molecule has 0 radical (unpaired) electrons. The number of carboxylic acids is 5. The highest BCUT2D eigenvalue weighted by Crippen LogP contribution is 2.20. The van der Waals surface area contributed by atoms with E-state index in [1.54, 1.807) is 0 Å². The quantitative estimate of drug-likeness (QED) is 0.0798. The van der Waals surface area contributed by atoms with Crippen LogP contribution in [0.4, 0.5) is 0 Å². The lowest BCUT2D eigenvalue weighted by atomic mass is 9.91. The summed E-state index contributed by atoms with van der Waals surface area (Å²) in [5.41, 5.74) is 0. The van der Waals surface area contributed by atoms with Gasteiger partial charge in [0.2, 0.25) is 5.91 Å². The number of ketones is 1. The van der Waals surface area contributed by atoms with Gasteiger partial charge in [0.1, 0.15) is 0 Å². The van der Waals surface area contributed by atoms with Crippen molar-refractivity contribution in [3.8, 4) is 0 Å². The molecule has 15 heteroatoms. The molecule has 15 nitrogen and oxygen atoms in total. The summed E-state index contributed by atoms with van der Waals surface area (Å²) in [6.45, 7) is -0.340. The van der Waals surface area contributed by atoms with E-state index in [2.05, 4.69) is 5.32 Å². The Morgan fingerprint density at radius 3 is 1.70 bits per heavy atom. The number of hydrogen-bond donors (Lipinski definition) is 6. The Morgan fingerprint density at radius 1 is 0.700 bits per heavy atom. The summed E-state index contributed by atoms with van der Waals surface area (Å²) in [7, 11) is 0. The maximum Gasteiger partial charge on any atom is 0.317 e. The molecular weight excluding hydrogens is 534 g/mol. The molecule has 0 rings (SSSR count). The minimum atomic E-state index is -1.38. The van der Waals surface area contributed by atoms with Crippen molar-refractivity contribution in [1.82, 2.24) is 15.1 Å². The molecule has 0 aromatic heterocycles. The number of amides is 1. The zero-order valence-corrected chi connectivity index (χ0v) is 22.7. The van der Waals surface area contributed by atoms with Crippen molar-refractivity contribution in [2.75, 3.05) is 39.3 Å². The number of nitrogens with zero attached hydrogens (tertiary/aromatic N) is 2. The predicted octanol–water partition coefficient (Wildman–Crippen LogP) is 0.214. The number of nitrogens with one attached hydrogen (secondary N) is 1. The second kappa shape index (κ2) is 20.3. The lowest BCUT2D eigenvalue weighted by Gasteiger charge is -2.29. The summed E-state index contributed by atoms with van der Waals surface area (Å²) in [6, 6.07) is -1.23. The van der Waals surface area contributed by atoms with E-state index in [1.807, 2.05) is 6.92 Å². The van der Waals surface area contributed by atoms with E-state index in [0.29, 0.717) is 32.2 Å². The van der Waals surface area contributed by atoms with Crippen molar-refractivity contribution in [1.29, 1.82) is 0 Å². The fraction of sp³-hybridized carbons (Fsp3) is 0.720. The Balaban J connectivity index is 5.39. The van der Waals surface area contributed by atoms with E-state index in [4.69, 9.17) is 10.2 Å². The van der Waals surface area contributed by atoms with Gasteiger partial charge >= 0.3 is 29.8 Å². The summed E-state index contributed by atoms with van der Waals surface area (Å²) in [6.07, 6.45) is 2.01. The summed E-state index contributed by atoms with van der Waals surface area (Å²) in [4.78, 5) is 83.4. The number of carbonyl (C=O) groups is 7. The molecule has 0 aliphatic rings. The molecule has 0 aliphatic carbocycles. The predicted molar refractivity (Wildman–Crippen MR) is 139 cm³/mol. The van der Waals surface area contributed by atoms with Gasteiger partial charge in [-0.05, 0) is 38.6 Å². The van der Waals surface area contributed by atoms with E-state index in [1.165, 1.54) is 4.90 Å². The number of unbranched alkanes of at least 4 members (excludes halogenated alkanes) is 2. The standard InChI is InChI=1S/C25H41N3O12/c1-2-7-20(30)26-10-5-3-8-17(25(39)40)12-19(29)18(28(15-23(35)36)16-24(37)38)9-4-6-11-27(13-21(31)32)14-22(33)34/h17-18H,2-16H2,1H3,(H,26,30)(H,31,32)(H,33,34)(H,35,36)(H,37,38)(H,39,40)/t17-,18+/m1/s1. The van der Waals surface area contributed by atoms with Crippen molar-refractivity contribution in [2.45, 2.75) is 70.8 Å². The molecule has 228 valence electrons. The van der Waals surface area contributed by atoms with Crippen molar-refractivity contribution in [3.63, 3.8) is 0 Å². The molecule has 0 unspecified atom stereocenters. The summed E-state index contributed by atoms with van der Waals surface area (Å²) in [5, 5.41) is 48.8. The fourth-order valence-corrected chi connectivity index (χ4v) is 4.19. The van der Waals surface area contributed by atoms with Crippen molar-refractivity contribution in [2.24, 2.45) is 5.92 Å². The van der Waals surface area contributed by atoms with Gasteiger partial charge in [0.15, 0.2) is 5.78 Å². The summed E-state index contributed by atoms with van der Waals surface area (Å²) >= 11 is 0. The molecule has 0 fully saturated rings. The molecule has 6 N–H and O–H groups in total. The molecule has 2 atom stereocenters.